The summed E-state index contributed by atoms with van der Waals surface area (Å²) >= 11 is 0. The van der Waals surface area contributed by atoms with Crippen LogP contribution in [-0.2, 0) is 14.9 Å². The Morgan fingerprint density at radius 2 is 1.67 bits per heavy atom. The highest BCUT2D eigenvalue weighted by Crippen LogP contribution is 2.44. The SMILES string of the molecule is C=C[C@@](CC#C[Si](C)(C)C)(NC(=O)c1ccccc1)C(=O)O[C@@H]1C[C@H](C)CC[C@H]1C(C)(C)c1ccc2ccccc2c1. The zero-order valence-electron chi connectivity index (χ0n) is 26.0. The third-order valence-electron chi connectivity index (χ3n) is 8.65. The molecule has 0 aromatic heterocycles. The van der Waals surface area contributed by atoms with E-state index >= 15 is 0 Å². The van der Waals surface area contributed by atoms with E-state index in [0.717, 1.165) is 19.3 Å². The van der Waals surface area contributed by atoms with Crippen LogP contribution in [0.25, 0.3) is 10.8 Å². The lowest BCUT2D eigenvalue weighted by molar-refractivity contribution is -0.162. The van der Waals surface area contributed by atoms with E-state index in [1.165, 1.54) is 22.4 Å². The molecule has 1 N–H and O–H groups in total. The molecule has 4 nitrogen and oxygen atoms in total. The molecular formula is C37H45NO3Si. The Balaban J connectivity index is 1.66. The zero-order chi connectivity index (χ0) is 30.5. The van der Waals surface area contributed by atoms with Crippen LogP contribution in [-0.4, -0.2) is 31.6 Å². The van der Waals surface area contributed by atoms with E-state index in [-0.39, 0.29) is 29.8 Å². The Morgan fingerprint density at radius 3 is 2.33 bits per heavy atom. The van der Waals surface area contributed by atoms with Gasteiger partial charge in [-0.3, -0.25) is 4.79 Å². The maximum absolute atomic E-state index is 14.2. The van der Waals surface area contributed by atoms with Crippen LogP contribution in [0.5, 0.6) is 0 Å². The van der Waals surface area contributed by atoms with Crippen molar-refractivity contribution in [3.8, 4) is 11.5 Å². The molecule has 1 fully saturated rings. The fourth-order valence-electron chi connectivity index (χ4n) is 6.02. The molecule has 4 atom stereocenters. The maximum atomic E-state index is 14.2. The summed E-state index contributed by atoms with van der Waals surface area (Å²) < 4.78 is 6.46. The summed E-state index contributed by atoms with van der Waals surface area (Å²) in [5, 5.41) is 5.38. The van der Waals surface area contributed by atoms with Crippen molar-refractivity contribution in [2.75, 3.05) is 0 Å². The number of amides is 1. The summed E-state index contributed by atoms with van der Waals surface area (Å²) in [7, 11) is -1.71. The van der Waals surface area contributed by atoms with Gasteiger partial charge in [-0.05, 0) is 52.6 Å². The Kier molecular flexibility index (Phi) is 9.48. The van der Waals surface area contributed by atoms with Gasteiger partial charge in [-0.25, -0.2) is 4.79 Å². The highest BCUT2D eigenvalue weighted by atomic mass is 28.3. The van der Waals surface area contributed by atoms with E-state index in [1.807, 2.05) is 6.07 Å². The predicted octanol–water partition coefficient (Wildman–Crippen LogP) is 8.09. The molecule has 1 aliphatic carbocycles. The number of benzene rings is 3. The van der Waals surface area contributed by atoms with E-state index < -0.39 is 19.6 Å². The monoisotopic (exact) mass is 579 g/mol. The average molecular weight is 580 g/mol. The fraction of sp³-hybridized carbons (Fsp3) is 0.405. The topological polar surface area (TPSA) is 55.4 Å². The van der Waals surface area contributed by atoms with Crippen LogP contribution in [0.1, 0.15) is 62.4 Å². The van der Waals surface area contributed by atoms with Gasteiger partial charge in [0.2, 0.25) is 0 Å². The van der Waals surface area contributed by atoms with E-state index in [0.29, 0.717) is 11.5 Å². The minimum Gasteiger partial charge on any atom is -0.460 e. The van der Waals surface area contributed by atoms with Crippen LogP contribution >= 0.6 is 0 Å². The molecule has 42 heavy (non-hydrogen) atoms. The van der Waals surface area contributed by atoms with Gasteiger partial charge >= 0.3 is 5.97 Å². The Hall–Kier alpha value is -3.62. The minimum atomic E-state index is -1.71. The van der Waals surface area contributed by atoms with Crippen LogP contribution < -0.4 is 5.32 Å². The number of esters is 1. The van der Waals surface area contributed by atoms with Crippen LogP contribution in [0.4, 0.5) is 0 Å². The highest BCUT2D eigenvalue weighted by molar-refractivity contribution is 6.83. The molecular weight excluding hydrogens is 534 g/mol. The predicted molar refractivity (Wildman–Crippen MR) is 176 cm³/mol. The number of carbonyl (C=O) groups excluding carboxylic acids is 2. The van der Waals surface area contributed by atoms with Gasteiger partial charge in [0, 0.05) is 17.9 Å². The number of carbonyl (C=O) groups is 2. The standard InChI is InChI=1S/C37H45NO3Si/c1-8-37(23-14-24-42(5,6)7,38-34(39)29-16-10-9-11-17-29)35(40)41-33-25-27(2)19-22-32(33)36(3,4)31-21-20-28-15-12-13-18-30(28)26-31/h8-13,15-18,20-21,26-27,32-33H,1,19,22-23,25H2,2-7H3,(H,38,39)/t27-,32-,33-,37+/m1/s1. The van der Waals surface area contributed by atoms with Gasteiger partial charge in [-0.2, -0.15) is 0 Å². The number of fused-ring (bicyclic) bond motifs is 1. The van der Waals surface area contributed by atoms with Crippen LogP contribution in [0, 0.1) is 23.3 Å². The second-order valence-corrected chi connectivity index (χ2v) is 18.2. The van der Waals surface area contributed by atoms with Gasteiger partial charge in [0.25, 0.3) is 5.91 Å². The van der Waals surface area contributed by atoms with Gasteiger partial charge in [-0.15, -0.1) is 18.0 Å². The lowest BCUT2D eigenvalue weighted by Gasteiger charge is -2.45. The highest BCUT2D eigenvalue weighted by Gasteiger charge is 2.46. The lowest BCUT2D eigenvalue weighted by atomic mass is 9.64. The Bertz CT molecular complexity index is 1490. The van der Waals surface area contributed by atoms with Crippen molar-refractivity contribution >= 4 is 30.7 Å². The zero-order valence-corrected chi connectivity index (χ0v) is 27.0. The molecule has 1 aliphatic rings. The van der Waals surface area contributed by atoms with Gasteiger partial charge in [0.15, 0.2) is 5.54 Å². The van der Waals surface area contributed by atoms with Crippen molar-refractivity contribution in [1.29, 1.82) is 0 Å². The van der Waals surface area contributed by atoms with Gasteiger partial charge < -0.3 is 10.1 Å². The third kappa shape index (κ3) is 7.23. The second kappa shape index (κ2) is 12.7. The van der Waals surface area contributed by atoms with Crippen molar-refractivity contribution < 1.29 is 14.3 Å². The first-order valence-corrected chi connectivity index (χ1v) is 18.6. The van der Waals surface area contributed by atoms with Crippen LogP contribution in [0.2, 0.25) is 19.6 Å². The first-order chi connectivity index (χ1) is 19.8. The Labute approximate surface area is 253 Å². The third-order valence-corrected chi connectivity index (χ3v) is 9.58. The van der Waals surface area contributed by atoms with Crippen LogP contribution in [0.15, 0.2) is 85.5 Å². The summed E-state index contributed by atoms with van der Waals surface area (Å²) in [5.41, 5.74) is 3.34. The van der Waals surface area contributed by atoms with Crippen molar-refractivity contribution in [3.05, 3.63) is 96.6 Å². The summed E-state index contributed by atoms with van der Waals surface area (Å²) in [4.78, 5) is 27.6. The summed E-state index contributed by atoms with van der Waals surface area (Å²) in [6.07, 6.45) is 4.11. The minimum absolute atomic E-state index is 0.110. The second-order valence-electron chi connectivity index (χ2n) is 13.5. The molecule has 0 spiro atoms. The van der Waals surface area contributed by atoms with Crippen molar-refractivity contribution in [1.82, 2.24) is 5.32 Å². The maximum Gasteiger partial charge on any atom is 0.337 e. The largest absolute Gasteiger partial charge is 0.460 e. The van der Waals surface area contributed by atoms with Gasteiger partial charge in [-0.1, -0.05) is 114 Å². The van der Waals surface area contributed by atoms with Crippen molar-refractivity contribution in [3.63, 3.8) is 0 Å². The average Bonchev–Trinajstić information content (AvgIpc) is 2.96. The van der Waals surface area contributed by atoms with Crippen molar-refractivity contribution in [2.24, 2.45) is 11.8 Å². The molecule has 3 aromatic carbocycles. The first-order valence-electron chi connectivity index (χ1n) is 15.1. The molecule has 0 aliphatic heterocycles. The van der Waals surface area contributed by atoms with E-state index in [2.05, 4.69) is 106 Å². The van der Waals surface area contributed by atoms with E-state index in [4.69, 9.17) is 4.74 Å². The summed E-state index contributed by atoms with van der Waals surface area (Å²) in [6.45, 7) is 17.2. The van der Waals surface area contributed by atoms with Gasteiger partial charge in [0.1, 0.15) is 14.2 Å². The molecule has 0 bridgehead atoms. The number of nitrogens with one attached hydrogen (secondary N) is 1. The number of hydrogen-bond acceptors (Lipinski definition) is 3. The van der Waals surface area contributed by atoms with E-state index in [9.17, 15) is 9.59 Å². The molecule has 0 radical (unpaired) electrons. The molecule has 4 rings (SSSR count). The van der Waals surface area contributed by atoms with Crippen LogP contribution in [0.3, 0.4) is 0 Å². The van der Waals surface area contributed by atoms with Gasteiger partial charge in [0.05, 0.1) is 0 Å². The molecule has 1 saturated carbocycles. The van der Waals surface area contributed by atoms with Crippen molar-refractivity contribution in [2.45, 2.75) is 83.2 Å². The van der Waals surface area contributed by atoms with E-state index in [1.54, 1.807) is 24.3 Å². The number of rotatable bonds is 8. The smallest absolute Gasteiger partial charge is 0.337 e. The molecule has 0 unspecified atom stereocenters. The molecule has 220 valence electrons. The molecule has 3 aromatic rings. The lowest BCUT2D eigenvalue weighted by Crippen LogP contribution is -2.56. The quantitative estimate of drug-likeness (QED) is 0.127. The molecule has 1 amide bonds. The summed E-state index contributed by atoms with van der Waals surface area (Å²) in [5.74, 6) is 2.90. The number of ether oxygens (including phenoxy) is 1. The molecule has 0 heterocycles. The Morgan fingerprint density at radius 1 is 1.00 bits per heavy atom. The molecule has 0 saturated heterocycles. The normalized spacial score (nSPS) is 20.5. The summed E-state index contributed by atoms with van der Waals surface area (Å²) in [6, 6.07) is 24.0. The molecule has 5 heteroatoms. The number of hydrogen-bond donors (Lipinski definition) is 1. The first kappa shape index (κ1) is 31.3. The fourth-order valence-corrected chi connectivity index (χ4v) is 6.64.